The number of aryl methyl sites for hydroxylation is 3. The van der Waals surface area contributed by atoms with E-state index in [1.54, 1.807) is 25.5 Å². The molecule has 1 N–H and O–H groups in total. The molecule has 128 valence electrons. The average molecular weight is 336 g/mol. The van der Waals surface area contributed by atoms with Gasteiger partial charge in [-0.25, -0.2) is 14.6 Å². The number of nitrogens with one attached hydrogen (secondary N) is 1. The van der Waals surface area contributed by atoms with Crippen LogP contribution >= 0.6 is 0 Å². The minimum absolute atomic E-state index is 0.157. The van der Waals surface area contributed by atoms with E-state index >= 15 is 0 Å². The van der Waals surface area contributed by atoms with Crippen molar-refractivity contribution in [3.63, 3.8) is 0 Å². The number of hydrogen-bond donors (Lipinski definition) is 1. The van der Waals surface area contributed by atoms with Crippen LogP contribution in [0, 0.1) is 20.8 Å². The molecule has 2 heterocycles. The SMILES string of the molecule is Cc1cnc(-c2cn(C(C)C(=O)Nc3cc(C)ccc3C)nn2)nc1. The Labute approximate surface area is 146 Å². The first kappa shape index (κ1) is 16.8. The number of anilines is 1. The fourth-order valence-corrected chi connectivity index (χ4v) is 2.32. The largest absolute Gasteiger partial charge is 0.324 e. The summed E-state index contributed by atoms with van der Waals surface area (Å²) >= 11 is 0. The van der Waals surface area contributed by atoms with Gasteiger partial charge in [-0.05, 0) is 50.5 Å². The van der Waals surface area contributed by atoms with Gasteiger partial charge in [0.05, 0.1) is 6.20 Å². The van der Waals surface area contributed by atoms with Crippen molar-refractivity contribution in [1.82, 2.24) is 25.0 Å². The third-order valence-electron chi connectivity index (χ3n) is 3.95. The summed E-state index contributed by atoms with van der Waals surface area (Å²) in [6.45, 7) is 7.64. The van der Waals surface area contributed by atoms with Crippen LogP contribution in [0.4, 0.5) is 5.69 Å². The Morgan fingerprint density at radius 3 is 2.56 bits per heavy atom. The van der Waals surface area contributed by atoms with Gasteiger partial charge in [0.15, 0.2) is 5.82 Å². The van der Waals surface area contributed by atoms with E-state index in [0.29, 0.717) is 11.5 Å². The van der Waals surface area contributed by atoms with E-state index in [9.17, 15) is 4.79 Å². The summed E-state index contributed by atoms with van der Waals surface area (Å²) < 4.78 is 1.51. The first-order valence-electron chi connectivity index (χ1n) is 8.03. The van der Waals surface area contributed by atoms with Gasteiger partial charge in [-0.15, -0.1) is 5.10 Å². The molecule has 0 aliphatic rings. The van der Waals surface area contributed by atoms with Gasteiger partial charge in [-0.2, -0.15) is 0 Å². The lowest BCUT2D eigenvalue weighted by Crippen LogP contribution is -2.24. The summed E-state index contributed by atoms with van der Waals surface area (Å²) in [6.07, 6.45) is 5.12. The molecule has 0 aliphatic heterocycles. The molecule has 0 saturated carbocycles. The summed E-state index contributed by atoms with van der Waals surface area (Å²) in [4.78, 5) is 21.0. The number of aromatic nitrogens is 5. The second kappa shape index (κ2) is 6.80. The van der Waals surface area contributed by atoms with Crippen LogP contribution in [0.2, 0.25) is 0 Å². The zero-order valence-electron chi connectivity index (χ0n) is 14.7. The molecule has 2 aromatic heterocycles. The van der Waals surface area contributed by atoms with E-state index < -0.39 is 6.04 Å². The highest BCUT2D eigenvalue weighted by molar-refractivity contribution is 5.94. The molecule has 1 unspecified atom stereocenters. The lowest BCUT2D eigenvalue weighted by Gasteiger charge is -2.14. The van der Waals surface area contributed by atoms with Crippen molar-refractivity contribution >= 4 is 11.6 Å². The molecule has 7 nitrogen and oxygen atoms in total. The molecule has 25 heavy (non-hydrogen) atoms. The van der Waals surface area contributed by atoms with Crippen LogP contribution < -0.4 is 5.32 Å². The molecule has 0 spiro atoms. The number of carbonyl (C=O) groups excluding carboxylic acids is 1. The highest BCUT2D eigenvalue weighted by Crippen LogP contribution is 2.19. The van der Waals surface area contributed by atoms with Gasteiger partial charge in [-0.3, -0.25) is 4.79 Å². The number of carbonyl (C=O) groups is 1. The van der Waals surface area contributed by atoms with E-state index in [2.05, 4.69) is 25.6 Å². The van der Waals surface area contributed by atoms with Crippen molar-refractivity contribution in [2.24, 2.45) is 0 Å². The van der Waals surface area contributed by atoms with Crippen molar-refractivity contribution in [3.8, 4) is 11.5 Å². The summed E-state index contributed by atoms with van der Waals surface area (Å²) in [7, 11) is 0. The van der Waals surface area contributed by atoms with Crippen LogP contribution in [-0.2, 0) is 4.79 Å². The minimum atomic E-state index is -0.508. The summed E-state index contributed by atoms with van der Waals surface area (Å²) in [5.74, 6) is 0.328. The highest BCUT2D eigenvalue weighted by Gasteiger charge is 2.18. The maximum Gasteiger partial charge on any atom is 0.249 e. The van der Waals surface area contributed by atoms with Crippen LogP contribution in [0.15, 0.2) is 36.8 Å². The zero-order chi connectivity index (χ0) is 18.0. The van der Waals surface area contributed by atoms with Gasteiger partial charge >= 0.3 is 0 Å². The van der Waals surface area contributed by atoms with Crippen LogP contribution in [0.3, 0.4) is 0 Å². The van der Waals surface area contributed by atoms with E-state index in [0.717, 1.165) is 22.4 Å². The second-order valence-corrected chi connectivity index (χ2v) is 6.15. The number of benzene rings is 1. The third kappa shape index (κ3) is 3.71. The monoisotopic (exact) mass is 336 g/mol. The van der Waals surface area contributed by atoms with Gasteiger partial charge in [0, 0.05) is 18.1 Å². The minimum Gasteiger partial charge on any atom is -0.324 e. The molecule has 0 radical (unpaired) electrons. The molecular weight excluding hydrogens is 316 g/mol. The Hall–Kier alpha value is -3.09. The molecule has 1 atom stereocenters. The van der Waals surface area contributed by atoms with E-state index in [1.807, 2.05) is 39.0 Å². The van der Waals surface area contributed by atoms with Crippen molar-refractivity contribution in [2.75, 3.05) is 5.32 Å². The van der Waals surface area contributed by atoms with Gasteiger partial charge in [0.25, 0.3) is 0 Å². The first-order valence-corrected chi connectivity index (χ1v) is 8.03. The van der Waals surface area contributed by atoms with Crippen LogP contribution in [-0.4, -0.2) is 30.9 Å². The van der Waals surface area contributed by atoms with Crippen molar-refractivity contribution in [1.29, 1.82) is 0 Å². The number of hydrogen-bond acceptors (Lipinski definition) is 5. The Kier molecular flexibility index (Phi) is 4.56. The van der Waals surface area contributed by atoms with E-state index in [4.69, 9.17) is 0 Å². The fourth-order valence-electron chi connectivity index (χ4n) is 2.32. The predicted octanol–water partition coefficient (Wildman–Crippen LogP) is 2.86. The lowest BCUT2D eigenvalue weighted by molar-refractivity contribution is -0.119. The zero-order valence-corrected chi connectivity index (χ0v) is 14.7. The molecule has 3 aromatic rings. The maximum atomic E-state index is 12.5. The topological polar surface area (TPSA) is 85.6 Å². The van der Waals surface area contributed by atoms with Crippen molar-refractivity contribution in [2.45, 2.75) is 33.7 Å². The lowest BCUT2D eigenvalue weighted by atomic mass is 10.1. The molecule has 1 aromatic carbocycles. The molecule has 0 fully saturated rings. The maximum absolute atomic E-state index is 12.5. The number of rotatable bonds is 4. The Morgan fingerprint density at radius 1 is 1.12 bits per heavy atom. The highest BCUT2D eigenvalue weighted by atomic mass is 16.2. The normalized spacial score (nSPS) is 12.0. The standard InChI is InChI=1S/C18H20N6O/c1-11-5-6-13(3)15(7-11)21-18(25)14(4)24-10-16(22-23-24)17-19-8-12(2)9-20-17/h5-10,14H,1-4H3,(H,21,25). The molecule has 0 aliphatic carbocycles. The van der Waals surface area contributed by atoms with Crippen LogP contribution in [0.25, 0.3) is 11.5 Å². The summed E-state index contributed by atoms with van der Waals surface area (Å²) in [5, 5.41) is 11.1. The second-order valence-electron chi connectivity index (χ2n) is 6.15. The molecule has 3 rings (SSSR count). The van der Waals surface area contributed by atoms with Gasteiger partial charge < -0.3 is 5.32 Å². The molecule has 0 bridgehead atoms. The smallest absolute Gasteiger partial charge is 0.249 e. The van der Waals surface area contributed by atoms with Crippen LogP contribution in [0.5, 0.6) is 0 Å². The quantitative estimate of drug-likeness (QED) is 0.792. The fraction of sp³-hybridized carbons (Fsp3) is 0.278. The van der Waals surface area contributed by atoms with Gasteiger partial charge in [-0.1, -0.05) is 17.3 Å². The molecule has 0 saturated heterocycles. The van der Waals surface area contributed by atoms with Crippen LogP contribution in [0.1, 0.15) is 29.7 Å². The number of amides is 1. The summed E-state index contributed by atoms with van der Waals surface area (Å²) in [6, 6.07) is 5.44. The molecular formula is C18H20N6O. The average Bonchev–Trinajstić information content (AvgIpc) is 3.08. The predicted molar refractivity (Wildman–Crippen MR) is 95.0 cm³/mol. The molecule has 1 amide bonds. The van der Waals surface area contributed by atoms with Crippen molar-refractivity contribution in [3.05, 3.63) is 53.5 Å². The van der Waals surface area contributed by atoms with Gasteiger partial charge in [0.1, 0.15) is 11.7 Å². The first-order chi connectivity index (χ1) is 11.9. The number of nitrogens with zero attached hydrogens (tertiary/aromatic N) is 5. The van der Waals surface area contributed by atoms with Crippen molar-refractivity contribution < 1.29 is 4.79 Å². The van der Waals surface area contributed by atoms with E-state index in [1.165, 1.54) is 4.68 Å². The third-order valence-corrected chi connectivity index (χ3v) is 3.95. The molecule has 7 heteroatoms. The Morgan fingerprint density at radius 2 is 1.84 bits per heavy atom. The Balaban J connectivity index is 1.76. The summed E-state index contributed by atoms with van der Waals surface area (Å²) in [5.41, 5.74) is 4.41. The van der Waals surface area contributed by atoms with Gasteiger partial charge in [0.2, 0.25) is 5.91 Å². The van der Waals surface area contributed by atoms with E-state index in [-0.39, 0.29) is 5.91 Å². The Bertz CT molecular complexity index is 900.